The minimum Gasteiger partial charge on any atom is -0.497 e. The lowest BCUT2D eigenvalue weighted by molar-refractivity contribution is -0.158. The highest BCUT2D eigenvalue weighted by Gasteiger charge is 2.42. The van der Waals surface area contributed by atoms with E-state index in [1.165, 1.54) is 6.42 Å². The second-order valence-corrected chi connectivity index (χ2v) is 7.34. The number of rotatable bonds is 8. The molecule has 1 unspecified atom stereocenters. The number of esters is 1. The molecule has 25 heavy (non-hydrogen) atoms. The number of carbonyl (C=O) groups is 1. The summed E-state index contributed by atoms with van der Waals surface area (Å²) in [5, 5.41) is 0. The van der Waals surface area contributed by atoms with E-state index in [0.29, 0.717) is 12.5 Å². The second-order valence-electron chi connectivity index (χ2n) is 7.34. The van der Waals surface area contributed by atoms with Gasteiger partial charge < -0.3 is 14.4 Å². The zero-order valence-corrected chi connectivity index (χ0v) is 16.2. The number of ether oxygens (including phenoxy) is 2. The van der Waals surface area contributed by atoms with Gasteiger partial charge in [-0.3, -0.25) is 4.79 Å². The van der Waals surface area contributed by atoms with Crippen LogP contribution in [0.3, 0.4) is 0 Å². The third kappa shape index (κ3) is 5.21. The van der Waals surface area contributed by atoms with Crippen LogP contribution in [0.5, 0.6) is 5.75 Å². The zero-order chi connectivity index (χ0) is 18.3. The average molecular weight is 347 g/mol. The van der Waals surface area contributed by atoms with Gasteiger partial charge in [-0.15, -0.1) is 0 Å². The quantitative estimate of drug-likeness (QED) is 0.668. The summed E-state index contributed by atoms with van der Waals surface area (Å²) in [5.74, 6) is 1.50. The molecule has 1 aromatic carbocycles. The van der Waals surface area contributed by atoms with Crippen molar-refractivity contribution in [2.45, 2.75) is 46.5 Å². The Hall–Kier alpha value is -1.55. The van der Waals surface area contributed by atoms with E-state index in [1.807, 2.05) is 25.1 Å². The zero-order valence-electron chi connectivity index (χ0n) is 16.2. The molecule has 1 atom stereocenters. The first-order chi connectivity index (χ1) is 12.0. The van der Waals surface area contributed by atoms with Gasteiger partial charge in [-0.05, 0) is 62.9 Å². The Morgan fingerprint density at radius 1 is 1.28 bits per heavy atom. The van der Waals surface area contributed by atoms with E-state index in [9.17, 15) is 4.79 Å². The maximum atomic E-state index is 12.8. The smallest absolute Gasteiger partial charge is 0.312 e. The molecule has 140 valence electrons. The number of carbonyl (C=O) groups excluding carboxylic acids is 1. The third-order valence-electron chi connectivity index (χ3n) is 5.47. The minimum absolute atomic E-state index is 0.0407. The molecule has 1 aliphatic heterocycles. The predicted molar refractivity (Wildman–Crippen MR) is 101 cm³/mol. The molecule has 2 rings (SSSR count). The van der Waals surface area contributed by atoms with Crippen LogP contribution in [0.4, 0.5) is 0 Å². The molecule has 0 amide bonds. The lowest BCUT2D eigenvalue weighted by atomic mass is 9.73. The molecule has 0 saturated carbocycles. The Labute approximate surface area is 152 Å². The largest absolute Gasteiger partial charge is 0.497 e. The van der Waals surface area contributed by atoms with Crippen molar-refractivity contribution in [1.82, 2.24) is 4.90 Å². The van der Waals surface area contributed by atoms with E-state index in [4.69, 9.17) is 9.47 Å². The summed E-state index contributed by atoms with van der Waals surface area (Å²) in [7, 11) is 1.67. The lowest BCUT2D eigenvalue weighted by Crippen LogP contribution is -2.47. The van der Waals surface area contributed by atoms with Crippen LogP contribution in [0.25, 0.3) is 0 Å². The average Bonchev–Trinajstić information content (AvgIpc) is 2.63. The monoisotopic (exact) mass is 347 g/mol. The number of hydrogen-bond donors (Lipinski definition) is 0. The SMILES string of the molecule is CCOC(=O)C1(Cc2cccc(OC)c2)CCN(CC(C)CC)CC1. The van der Waals surface area contributed by atoms with E-state index < -0.39 is 5.41 Å². The summed E-state index contributed by atoms with van der Waals surface area (Å²) < 4.78 is 10.8. The maximum Gasteiger partial charge on any atom is 0.312 e. The van der Waals surface area contributed by atoms with Crippen LogP contribution in [0.2, 0.25) is 0 Å². The van der Waals surface area contributed by atoms with E-state index in [0.717, 1.165) is 50.2 Å². The normalized spacial score (nSPS) is 18.6. The van der Waals surface area contributed by atoms with Gasteiger partial charge in [0, 0.05) is 6.54 Å². The van der Waals surface area contributed by atoms with Gasteiger partial charge in [0.2, 0.25) is 0 Å². The summed E-state index contributed by atoms with van der Waals surface area (Å²) in [6.45, 7) is 9.91. The second kappa shape index (κ2) is 9.23. The molecule has 4 nitrogen and oxygen atoms in total. The molecule has 1 aromatic rings. The van der Waals surface area contributed by atoms with Crippen LogP contribution in [-0.4, -0.2) is 44.2 Å². The number of piperidine rings is 1. The van der Waals surface area contributed by atoms with Gasteiger partial charge in [0.05, 0.1) is 19.1 Å². The minimum atomic E-state index is -0.408. The molecule has 4 heteroatoms. The molecule has 0 aliphatic carbocycles. The van der Waals surface area contributed by atoms with Crippen molar-refractivity contribution in [2.75, 3.05) is 33.4 Å². The van der Waals surface area contributed by atoms with Crippen LogP contribution in [0, 0.1) is 11.3 Å². The van der Waals surface area contributed by atoms with Crippen molar-refractivity contribution in [3.63, 3.8) is 0 Å². The molecule has 0 aromatic heterocycles. The summed E-state index contributed by atoms with van der Waals surface area (Å²) in [5.41, 5.74) is 0.733. The van der Waals surface area contributed by atoms with Crippen molar-refractivity contribution in [3.8, 4) is 5.75 Å². The Morgan fingerprint density at radius 2 is 2.00 bits per heavy atom. The predicted octanol–water partition coefficient (Wildman–Crippen LogP) is 3.93. The standard InChI is InChI=1S/C21H33NO3/c1-5-17(3)16-22-12-10-21(11-13-22,20(23)25-6-2)15-18-8-7-9-19(14-18)24-4/h7-9,14,17H,5-6,10-13,15-16H2,1-4H3. The lowest BCUT2D eigenvalue weighted by Gasteiger charge is -2.40. The number of hydrogen-bond acceptors (Lipinski definition) is 4. The molecule has 0 spiro atoms. The van der Waals surface area contributed by atoms with Gasteiger partial charge in [-0.1, -0.05) is 32.4 Å². The van der Waals surface area contributed by atoms with Crippen LogP contribution in [0.1, 0.15) is 45.6 Å². The molecular weight excluding hydrogens is 314 g/mol. The number of methoxy groups -OCH3 is 1. The Balaban J connectivity index is 2.12. The van der Waals surface area contributed by atoms with Gasteiger partial charge in [0.25, 0.3) is 0 Å². The molecule has 0 radical (unpaired) electrons. The van der Waals surface area contributed by atoms with Crippen molar-refractivity contribution in [3.05, 3.63) is 29.8 Å². The Bertz CT molecular complexity index is 550. The van der Waals surface area contributed by atoms with Crippen LogP contribution >= 0.6 is 0 Å². The number of benzene rings is 1. The molecule has 0 bridgehead atoms. The number of likely N-dealkylation sites (tertiary alicyclic amines) is 1. The van der Waals surface area contributed by atoms with Crippen LogP contribution in [-0.2, 0) is 16.0 Å². The topological polar surface area (TPSA) is 38.8 Å². The molecule has 1 aliphatic rings. The summed E-state index contributed by atoms with van der Waals surface area (Å²) in [6.07, 6.45) is 3.64. The molecule has 1 saturated heterocycles. The molecule has 0 N–H and O–H groups in total. The van der Waals surface area contributed by atoms with E-state index in [2.05, 4.69) is 24.8 Å². The summed E-state index contributed by atoms with van der Waals surface area (Å²) >= 11 is 0. The van der Waals surface area contributed by atoms with Crippen molar-refractivity contribution >= 4 is 5.97 Å². The molecule has 1 fully saturated rings. The first-order valence-corrected chi connectivity index (χ1v) is 9.55. The van der Waals surface area contributed by atoms with E-state index in [-0.39, 0.29) is 5.97 Å². The highest BCUT2D eigenvalue weighted by atomic mass is 16.5. The van der Waals surface area contributed by atoms with Gasteiger partial charge >= 0.3 is 5.97 Å². The highest BCUT2D eigenvalue weighted by Crippen LogP contribution is 2.37. The first kappa shape index (κ1) is 19.8. The first-order valence-electron chi connectivity index (χ1n) is 9.55. The van der Waals surface area contributed by atoms with Gasteiger partial charge in [0.1, 0.15) is 5.75 Å². The van der Waals surface area contributed by atoms with E-state index >= 15 is 0 Å². The molecular formula is C21H33NO3. The third-order valence-corrected chi connectivity index (χ3v) is 5.47. The maximum absolute atomic E-state index is 12.8. The van der Waals surface area contributed by atoms with Crippen molar-refractivity contribution < 1.29 is 14.3 Å². The van der Waals surface area contributed by atoms with Gasteiger partial charge in [-0.2, -0.15) is 0 Å². The highest BCUT2D eigenvalue weighted by molar-refractivity contribution is 5.77. The summed E-state index contributed by atoms with van der Waals surface area (Å²) in [6, 6.07) is 8.04. The van der Waals surface area contributed by atoms with Crippen LogP contribution in [0.15, 0.2) is 24.3 Å². The van der Waals surface area contributed by atoms with Crippen molar-refractivity contribution in [2.24, 2.45) is 11.3 Å². The Morgan fingerprint density at radius 3 is 2.60 bits per heavy atom. The fraction of sp³-hybridized carbons (Fsp3) is 0.667. The summed E-state index contributed by atoms with van der Waals surface area (Å²) in [4.78, 5) is 15.3. The fourth-order valence-corrected chi connectivity index (χ4v) is 3.64. The van der Waals surface area contributed by atoms with E-state index in [1.54, 1.807) is 7.11 Å². The van der Waals surface area contributed by atoms with Gasteiger partial charge in [0.15, 0.2) is 0 Å². The fourth-order valence-electron chi connectivity index (χ4n) is 3.64. The van der Waals surface area contributed by atoms with Crippen molar-refractivity contribution in [1.29, 1.82) is 0 Å². The Kier molecular flexibility index (Phi) is 7.30. The van der Waals surface area contributed by atoms with Gasteiger partial charge in [-0.25, -0.2) is 0 Å². The molecule has 1 heterocycles. The van der Waals surface area contributed by atoms with Crippen LogP contribution < -0.4 is 4.74 Å². The number of nitrogens with zero attached hydrogens (tertiary/aromatic N) is 1.